The third kappa shape index (κ3) is 5.71. The molecule has 1 saturated heterocycles. The van der Waals surface area contributed by atoms with Crippen molar-refractivity contribution in [3.63, 3.8) is 0 Å². The van der Waals surface area contributed by atoms with Crippen molar-refractivity contribution in [3.05, 3.63) is 47.4 Å². The van der Waals surface area contributed by atoms with E-state index in [9.17, 15) is 14.4 Å². The quantitative estimate of drug-likeness (QED) is 0.246. The Morgan fingerprint density at radius 1 is 1.00 bits per heavy atom. The molecule has 2 aromatic heterocycles. The van der Waals surface area contributed by atoms with Gasteiger partial charge in [-0.3, -0.25) is 19.0 Å². The van der Waals surface area contributed by atoms with Crippen LogP contribution in [-0.2, 0) is 39.9 Å². The maximum Gasteiger partial charge on any atom is 0.320 e. The highest BCUT2D eigenvalue weighted by atomic mass is 35.5. The van der Waals surface area contributed by atoms with Gasteiger partial charge >= 0.3 is 23.9 Å². The first-order chi connectivity index (χ1) is 17.2. The molecular weight excluding hydrogens is 496 g/mol. The van der Waals surface area contributed by atoms with Crippen molar-refractivity contribution in [2.75, 3.05) is 6.61 Å². The predicted octanol–water partition coefficient (Wildman–Crippen LogP) is 2.38. The van der Waals surface area contributed by atoms with Crippen molar-refractivity contribution in [1.29, 1.82) is 0 Å². The van der Waals surface area contributed by atoms with Crippen molar-refractivity contribution < 1.29 is 38.1 Å². The fraction of sp³-hybridized carbons (Fsp3) is 0.391. The van der Waals surface area contributed by atoms with Crippen LogP contribution in [0.4, 0.5) is 0 Å². The molecule has 0 spiro atoms. The van der Waals surface area contributed by atoms with Crippen molar-refractivity contribution in [3.8, 4) is 6.01 Å². The summed E-state index contributed by atoms with van der Waals surface area (Å²) in [5.41, 5.74) is 1.38. The van der Waals surface area contributed by atoms with Crippen molar-refractivity contribution in [1.82, 2.24) is 19.5 Å². The van der Waals surface area contributed by atoms with Crippen LogP contribution in [0.2, 0.25) is 5.15 Å². The van der Waals surface area contributed by atoms with Gasteiger partial charge in [0, 0.05) is 20.8 Å². The second-order valence-corrected chi connectivity index (χ2v) is 8.27. The van der Waals surface area contributed by atoms with E-state index in [-0.39, 0.29) is 35.5 Å². The van der Waals surface area contributed by atoms with Crippen LogP contribution in [0, 0.1) is 0 Å². The highest BCUT2D eigenvalue weighted by Gasteiger charge is 2.51. The van der Waals surface area contributed by atoms with Crippen LogP contribution in [0.5, 0.6) is 6.01 Å². The molecule has 0 aliphatic carbocycles. The molecule has 0 radical (unpaired) electrons. The number of halogens is 1. The number of esters is 3. The number of rotatable bonds is 8. The van der Waals surface area contributed by atoms with Gasteiger partial charge in [0.1, 0.15) is 24.8 Å². The maximum absolute atomic E-state index is 11.9. The molecule has 0 N–H and O–H groups in total. The lowest BCUT2D eigenvalue weighted by Crippen LogP contribution is -2.40. The highest BCUT2D eigenvalue weighted by molar-refractivity contribution is 6.33. The zero-order chi connectivity index (χ0) is 25.8. The van der Waals surface area contributed by atoms with Gasteiger partial charge < -0.3 is 23.7 Å². The number of carbonyl (C=O) groups is 3. The molecule has 4 atom stereocenters. The van der Waals surface area contributed by atoms with Crippen LogP contribution in [-0.4, -0.2) is 62.3 Å². The number of hydrogen-bond donors (Lipinski definition) is 0. The van der Waals surface area contributed by atoms with Crippen LogP contribution in [0.3, 0.4) is 0 Å². The van der Waals surface area contributed by atoms with Crippen molar-refractivity contribution >= 4 is 40.7 Å². The Hall–Kier alpha value is -3.77. The molecule has 13 heteroatoms. The van der Waals surface area contributed by atoms with Crippen LogP contribution in [0.25, 0.3) is 11.2 Å². The smallest absolute Gasteiger partial charge is 0.320 e. The number of hydrogen-bond acceptors (Lipinski definition) is 11. The molecule has 0 bridgehead atoms. The standard InChI is InChI=1S/C23H23ClN4O8/c1-12(29)32-10-16-18(34-13(2)30)19(35-14(3)31)22(36-16)28-11-25-17-20(24)26-23(27-21(17)28)33-9-15-7-5-4-6-8-15/h4-8,11,16,18-19,22H,9-10H2,1-3H3/t16-,18-,19-,22-/m1/s1. The Kier molecular flexibility index (Phi) is 7.65. The Morgan fingerprint density at radius 2 is 1.69 bits per heavy atom. The molecule has 190 valence electrons. The molecule has 3 aromatic rings. The summed E-state index contributed by atoms with van der Waals surface area (Å²) < 4.78 is 29.2. The summed E-state index contributed by atoms with van der Waals surface area (Å²) in [4.78, 5) is 47.9. The van der Waals surface area contributed by atoms with E-state index < -0.39 is 42.4 Å². The molecular formula is C23H23ClN4O8. The van der Waals surface area contributed by atoms with Gasteiger partial charge in [-0.05, 0) is 5.56 Å². The fourth-order valence-corrected chi connectivity index (χ4v) is 3.96. The van der Waals surface area contributed by atoms with E-state index in [1.807, 2.05) is 30.3 Å². The Morgan fingerprint density at radius 3 is 2.36 bits per heavy atom. The first-order valence-corrected chi connectivity index (χ1v) is 11.3. The average Bonchev–Trinajstić information content (AvgIpc) is 3.38. The van der Waals surface area contributed by atoms with Gasteiger partial charge in [-0.2, -0.15) is 9.97 Å². The fourth-order valence-electron chi connectivity index (χ4n) is 3.75. The second-order valence-electron chi connectivity index (χ2n) is 7.91. The van der Waals surface area contributed by atoms with E-state index in [0.717, 1.165) is 5.56 Å². The van der Waals surface area contributed by atoms with Crippen molar-refractivity contribution in [2.45, 2.75) is 51.9 Å². The summed E-state index contributed by atoms with van der Waals surface area (Å²) in [5, 5.41) is 0.0387. The van der Waals surface area contributed by atoms with E-state index in [2.05, 4.69) is 15.0 Å². The molecule has 4 rings (SSSR count). The van der Waals surface area contributed by atoms with Gasteiger partial charge in [0.25, 0.3) is 0 Å². The average molecular weight is 519 g/mol. The van der Waals surface area contributed by atoms with Gasteiger partial charge in [0.05, 0.1) is 6.33 Å². The molecule has 0 unspecified atom stereocenters. The first-order valence-electron chi connectivity index (χ1n) is 10.9. The molecule has 0 saturated carbocycles. The van der Waals surface area contributed by atoms with Crippen LogP contribution in [0.1, 0.15) is 32.6 Å². The molecule has 36 heavy (non-hydrogen) atoms. The van der Waals surface area contributed by atoms with E-state index in [1.54, 1.807) is 0 Å². The molecule has 12 nitrogen and oxygen atoms in total. The van der Waals surface area contributed by atoms with E-state index in [0.29, 0.717) is 0 Å². The van der Waals surface area contributed by atoms with Gasteiger partial charge in [-0.15, -0.1) is 0 Å². The highest BCUT2D eigenvalue weighted by Crippen LogP contribution is 2.36. The van der Waals surface area contributed by atoms with E-state index in [1.165, 1.54) is 31.7 Å². The Balaban J connectivity index is 1.69. The molecule has 1 aliphatic rings. The zero-order valence-corrected chi connectivity index (χ0v) is 20.4. The maximum atomic E-state index is 11.9. The van der Waals surface area contributed by atoms with Gasteiger partial charge in [-0.1, -0.05) is 41.9 Å². The first kappa shape index (κ1) is 25.3. The summed E-state index contributed by atoms with van der Waals surface area (Å²) in [6.45, 7) is 3.61. The topological polar surface area (TPSA) is 141 Å². The minimum absolute atomic E-state index is 0.00636. The largest absolute Gasteiger partial charge is 0.463 e. The molecule has 1 aromatic carbocycles. The number of carbonyl (C=O) groups excluding carboxylic acids is 3. The normalized spacial score (nSPS) is 21.2. The van der Waals surface area contributed by atoms with Crippen LogP contribution in [0.15, 0.2) is 36.7 Å². The number of ether oxygens (including phenoxy) is 5. The second kappa shape index (κ2) is 10.9. The third-order valence-corrected chi connectivity index (χ3v) is 5.45. The van der Waals surface area contributed by atoms with E-state index >= 15 is 0 Å². The van der Waals surface area contributed by atoms with Crippen LogP contribution >= 0.6 is 11.6 Å². The number of nitrogens with zero attached hydrogens (tertiary/aromatic N) is 4. The molecule has 3 heterocycles. The van der Waals surface area contributed by atoms with Gasteiger partial charge in [-0.25, -0.2) is 4.98 Å². The Bertz CT molecular complexity index is 1270. The van der Waals surface area contributed by atoms with E-state index in [4.69, 9.17) is 35.3 Å². The lowest BCUT2D eigenvalue weighted by molar-refractivity contribution is -0.166. The summed E-state index contributed by atoms with van der Waals surface area (Å²) in [7, 11) is 0. The molecule has 1 fully saturated rings. The molecule has 1 aliphatic heterocycles. The summed E-state index contributed by atoms with van der Waals surface area (Å²) >= 11 is 6.34. The number of benzene rings is 1. The minimum atomic E-state index is -1.10. The van der Waals surface area contributed by atoms with Gasteiger partial charge in [0.15, 0.2) is 29.2 Å². The number of imidazole rings is 1. The van der Waals surface area contributed by atoms with Crippen molar-refractivity contribution in [2.24, 2.45) is 0 Å². The number of fused-ring (bicyclic) bond motifs is 1. The lowest BCUT2D eigenvalue weighted by atomic mass is 10.1. The number of aromatic nitrogens is 4. The molecule has 0 amide bonds. The van der Waals surface area contributed by atoms with Crippen LogP contribution < -0.4 is 4.74 Å². The lowest BCUT2D eigenvalue weighted by Gasteiger charge is -2.23. The Labute approximate surface area is 210 Å². The zero-order valence-electron chi connectivity index (χ0n) is 19.6. The third-order valence-electron chi connectivity index (χ3n) is 5.18. The van der Waals surface area contributed by atoms with Gasteiger partial charge in [0.2, 0.25) is 0 Å². The summed E-state index contributed by atoms with van der Waals surface area (Å²) in [6, 6.07) is 9.41. The summed E-state index contributed by atoms with van der Waals surface area (Å²) in [6.07, 6.45) is -2.77. The minimum Gasteiger partial charge on any atom is -0.463 e. The SMILES string of the molecule is CC(=O)OC[C@H]1O[C@@H](n2cnc3c(Cl)nc(OCc4ccccc4)nc32)[C@H](OC(C)=O)[C@@H]1OC(C)=O. The summed E-state index contributed by atoms with van der Waals surface area (Å²) in [5.74, 6) is -1.82. The predicted molar refractivity (Wildman–Crippen MR) is 123 cm³/mol. The monoisotopic (exact) mass is 518 g/mol.